The minimum Gasteiger partial charge on any atom is -0.492 e. The highest BCUT2D eigenvalue weighted by molar-refractivity contribution is 5.46. The number of fused-ring (bicyclic) bond motifs is 2. The lowest BCUT2D eigenvalue weighted by Gasteiger charge is -2.43. The van der Waals surface area contributed by atoms with Gasteiger partial charge in [0.05, 0.1) is 49.7 Å². The van der Waals surface area contributed by atoms with Gasteiger partial charge in [0.15, 0.2) is 0 Å². The van der Waals surface area contributed by atoms with E-state index in [1.165, 1.54) is 9.80 Å². The van der Waals surface area contributed by atoms with Gasteiger partial charge in [-0.1, -0.05) is 60.7 Å². The van der Waals surface area contributed by atoms with Crippen molar-refractivity contribution >= 4 is 0 Å². The van der Waals surface area contributed by atoms with Crippen LogP contribution in [-0.4, -0.2) is 133 Å². The molecule has 8 rings (SSSR count). The van der Waals surface area contributed by atoms with Gasteiger partial charge >= 0.3 is 12.4 Å². The van der Waals surface area contributed by atoms with Crippen molar-refractivity contribution in [2.75, 3.05) is 78.9 Å². The zero-order chi connectivity index (χ0) is 50.8. The van der Waals surface area contributed by atoms with Crippen LogP contribution in [0.1, 0.15) is 98.1 Å². The summed E-state index contributed by atoms with van der Waals surface area (Å²) in [7, 11) is 0. The van der Waals surface area contributed by atoms with Crippen molar-refractivity contribution in [3.63, 3.8) is 0 Å². The van der Waals surface area contributed by atoms with Crippen molar-refractivity contribution < 1.29 is 54.8 Å². The topological polar surface area (TPSA) is 71.9 Å². The Labute approximate surface area is 407 Å². The third kappa shape index (κ3) is 13.6. The number of ether oxygens (including phenoxy) is 2. The molecule has 2 fully saturated rings. The fourth-order valence-corrected chi connectivity index (χ4v) is 10.2. The molecule has 0 amide bonds. The molecule has 0 saturated carbocycles. The Balaban J connectivity index is 0.000000206. The SMILES string of the molecule is C[C@@H]1Cc2cc(C(C)(C)O)ccc2[C@@H](c2ccc(OCCN3CC(CF)C3)cc2)N1CC(F)(F)F.C[C@H]1Cc2cc(C(C)(C)O)ccc2[C@H](c2ccc(OCCN3CC(CF)C3)cc2)N1CC(F)(F)F. The van der Waals surface area contributed by atoms with Crippen molar-refractivity contribution in [1.82, 2.24) is 19.6 Å². The average molecular weight is 989 g/mol. The van der Waals surface area contributed by atoms with Crippen LogP contribution >= 0.6 is 0 Å². The molecule has 0 bridgehead atoms. The second kappa shape index (κ2) is 21.8. The molecule has 4 aromatic carbocycles. The predicted molar refractivity (Wildman–Crippen MR) is 255 cm³/mol. The first-order valence-corrected chi connectivity index (χ1v) is 24.3. The maximum absolute atomic E-state index is 13.5. The van der Waals surface area contributed by atoms with E-state index in [1.54, 1.807) is 64.1 Å². The molecule has 4 aliphatic rings. The number of hydrogen-bond acceptors (Lipinski definition) is 8. The van der Waals surface area contributed by atoms with E-state index in [0.29, 0.717) is 50.6 Å². The first-order chi connectivity index (χ1) is 32.9. The number of aliphatic hydroxyl groups is 2. The molecular weight excluding hydrogens is 921 g/mol. The number of hydrogen-bond donors (Lipinski definition) is 2. The Bertz CT molecular complexity index is 2160. The Morgan fingerprint density at radius 3 is 1.17 bits per heavy atom. The number of halogens is 8. The summed E-state index contributed by atoms with van der Waals surface area (Å²) in [5.41, 5.74) is 4.54. The van der Waals surface area contributed by atoms with E-state index in [-0.39, 0.29) is 37.3 Å². The molecule has 0 aromatic heterocycles. The molecule has 2 saturated heterocycles. The van der Waals surface area contributed by atoms with Crippen LogP contribution in [0.2, 0.25) is 0 Å². The molecule has 0 aliphatic carbocycles. The summed E-state index contributed by atoms with van der Waals surface area (Å²) in [6.45, 7) is 13.3. The minimum absolute atomic E-state index is 0.134. The second-order valence-corrected chi connectivity index (χ2v) is 20.8. The molecule has 4 heterocycles. The van der Waals surface area contributed by atoms with Crippen LogP contribution < -0.4 is 9.47 Å². The molecule has 0 spiro atoms. The van der Waals surface area contributed by atoms with E-state index in [9.17, 15) is 45.3 Å². The van der Waals surface area contributed by atoms with Crippen LogP contribution in [-0.2, 0) is 24.0 Å². The summed E-state index contributed by atoms with van der Waals surface area (Å²) < 4.78 is 118. The number of nitrogens with zero attached hydrogens (tertiary/aromatic N) is 4. The number of rotatable bonds is 16. The van der Waals surface area contributed by atoms with Gasteiger partial charge in [-0.25, -0.2) is 0 Å². The molecule has 4 aliphatic heterocycles. The van der Waals surface area contributed by atoms with Crippen molar-refractivity contribution in [3.8, 4) is 11.5 Å². The van der Waals surface area contributed by atoms with Crippen LogP contribution in [0, 0.1) is 11.8 Å². The molecule has 2 N–H and O–H groups in total. The predicted octanol–water partition coefficient (Wildman–Crippen LogP) is 10.2. The molecule has 70 heavy (non-hydrogen) atoms. The number of alkyl halides is 8. The van der Waals surface area contributed by atoms with Crippen molar-refractivity contribution in [3.05, 3.63) is 129 Å². The van der Waals surface area contributed by atoms with Crippen LogP contribution in [0.15, 0.2) is 84.9 Å². The third-order valence-electron chi connectivity index (χ3n) is 14.1. The van der Waals surface area contributed by atoms with Crippen molar-refractivity contribution in [2.45, 2.75) is 102 Å². The lowest BCUT2D eigenvalue weighted by atomic mass is 9.82. The van der Waals surface area contributed by atoms with Gasteiger partial charge in [0, 0.05) is 63.2 Å². The third-order valence-corrected chi connectivity index (χ3v) is 14.1. The summed E-state index contributed by atoms with van der Waals surface area (Å²) in [5.74, 6) is 1.57. The Morgan fingerprint density at radius 1 is 0.529 bits per heavy atom. The van der Waals surface area contributed by atoms with Gasteiger partial charge in [-0.2, -0.15) is 26.3 Å². The van der Waals surface area contributed by atoms with Crippen LogP contribution in [0.3, 0.4) is 0 Å². The van der Waals surface area contributed by atoms with E-state index in [1.807, 2.05) is 62.4 Å². The first-order valence-electron chi connectivity index (χ1n) is 24.3. The van der Waals surface area contributed by atoms with Gasteiger partial charge in [-0.3, -0.25) is 28.4 Å². The smallest absolute Gasteiger partial charge is 0.401 e. The maximum atomic E-state index is 13.5. The quantitative estimate of drug-likeness (QED) is 0.108. The lowest BCUT2D eigenvalue weighted by Crippen LogP contribution is -2.49. The van der Waals surface area contributed by atoms with Crippen molar-refractivity contribution in [2.24, 2.45) is 11.8 Å². The van der Waals surface area contributed by atoms with E-state index in [2.05, 4.69) is 9.80 Å². The highest BCUT2D eigenvalue weighted by Gasteiger charge is 2.43. The number of likely N-dealkylation sites (tertiary alicyclic amines) is 2. The summed E-state index contributed by atoms with van der Waals surface area (Å²) in [5, 5.41) is 20.9. The van der Waals surface area contributed by atoms with Gasteiger partial charge in [0.25, 0.3) is 0 Å². The highest BCUT2D eigenvalue weighted by Crippen LogP contribution is 2.43. The Morgan fingerprint density at radius 2 is 0.871 bits per heavy atom. The molecular formula is C54H68F8N4O4. The van der Waals surface area contributed by atoms with Crippen LogP contribution in [0.5, 0.6) is 11.5 Å². The monoisotopic (exact) mass is 989 g/mol. The minimum atomic E-state index is -4.32. The molecule has 0 radical (unpaired) electrons. The maximum Gasteiger partial charge on any atom is 0.401 e. The van der Waals surface area contributed by atoms with E-state index in [4.69, 9.17) is 9.47 Å². The fourth-order valence-electron chi connectivity index (χ4n) is 10.2. The normalized spacial score (nSPS) is 22.1. The second-order valence-electron chi connectivity index (χ2n) is 20.8. The van der Waals surface area contributed by atoms with Gasteiger partial charge in [-0.15, -0.1) is 0 Å². The van der Waals surface area contributed by atoms with Gasteiger partial charge in [-0.05, 0) is 123 Å². The summed E-state index contributed by atoms with van der Waals surface area (Å²) >= 11 is 0. The molecule has 4 aromatic rings. The van der Waals surface area contributed by atoms with E-state index in [0.717, 1.165) is 70.7 Å². The zero-order valence-electron chi connectivity index (χ0n) is 41.0. The average Bonchev–Trinajstić information content (AvgIpc) is 3.24. The zero-order valence-corrected chi connectivity index (χ0v) is 41.0. The number of benzene rings is 4. The van der Waals surface area contributed by atoms with Crippen molar-refractivity contribution in [1.29, 1.82) is 0 Å². The summed E-state index contributed by atoms with van der Waals surface area (Å²) in [6.07, 6.45) is -7.68. The fraction of sp³-hybridized carbons (Fsp3) is 0.556. The van der Waals surface area contributed by atoms with E-state index < -0.39 is 48.7 Å². The van der Waals surface area contributed by atoms with Gasteiger partial charge in [0.1, 0.15) is 24.7 Å². The molecule has 4 atom stereocenters. The summed E-state index contributed by atoms with van der Waals surface area (Å²) in [4.78, 5) is 7.28. The highest BCUT2D eigenvalue weighted by atomic mass is 19.4. The molecule has 0 unspecified atom stereocenters. The Kier molecular flexibility index (Phi) is 16.7. The molecule has 384 valence electrons. The van der Waals surface area contributed by atoms with Crippen LogP contribution in [0.25, 0.3) is 0 Å². The molecule has 16 heteroatoms. The van der Waals surface area contributed by atoms with E-state index >= 15 is 0 Å². The standard InChI is InChI=1S/2C27H34F4N2O2/c2*1-18-12-21-13-22(26(2,3)34)6-9-24(21)25(33(18)17-27(29,30)31)20-4-7-23(8-5-20)35-11-10-32-15-19(14-28)16-32/h2*4-9,13,18-19,25,34H,10-12,14-17H2,1-3H3/t2*18-,25-/m10/s1. The van der Waals surface area contributed by atoms with Gasteiger partial charge < -0.3 is 19.7 Å². The molecule has 8 nitrogen and oxygen atoms in total. The largest absolute Gasteiger partial charge is 0.492 e. The van der Waals surface area contributed by atoms with Gasteiger partial charge in [0.2, 0.25) is 0 Å². The Hall–Kier alpha value is -4.32. The van der Waals surface area contributed by atoms with Crippen LogP contribution in [0.4, 0.5) is 35.1 Å². The first kappa shape index (κ1) is 53.5. The summed E-state index contributed by atoms with van der Waals surface area (Å²) in [6, 6.07) is 23.9. The lowest BCUT2D eigenvalue weighted by molar-refractivity contribution is -0.156.